The standard InChI is InChI=1S/C15H18N4O2S/c1-3-16-8-11-6-4-5-7-12(11)18-14(21)13-9-22-15(19-13)17-10(2)20/h4-7,9,16H,3,8H2,1-2H3,(H,18,21)(H,17,19,20). The van der Waals surface area contributed by atoms with Crippen LogP contribution in [-0.2, 0) is 11.3 Å². The van der Waals surface area contributed by atoms with E-state index in [9.17, 15) is 9.59 Å². The van der Waals surface area contributed by atoms with Crippen molar-refractivity contribution in [2.24, 2.45) is 0 Å². The van der Waals surface area contributed by atoms with Gasteiger partial charge in [-0.1, -0.05) is 25.1 Å². The molecule has 1 aromatic carbocycles. The van der Waals surface area contributed by atoms with Crippen molar-refractivity contribution in [1.82, 2.24) is 10.3 Å². The minimum Gasteiger partial charge on any atom is -0.320 e. The summed E-state index contributed by atoms with van der Waals surface area (Å²) in [6.45, 7) is 4.97. The molecule has 2 rings (SSSR count). The largest absolute Gasteiger partial charge is 0.320 e. The van der Waals surface area contributed by atoms with Gasteiger partial charge in [-0.25, -0.2) is 4.98 Å². The highest BCUT2D eigenvalue weighted by Gasteiger charge is 2.13. The molecule has 3 N–H and O–H groups in total. The number of hydrogen-bond acceptors (Lipinski definition) is 5. The predicted molar refractivity (Wildman–Crippen MR) is 88.2 cm³/mol. The van der Waals surface area contributed by atoms with Gasteiger partial charge < -0.3 is 16.0 Å². The molecule has 1 heterocycles. The normalized spacial score (nSPS) is 10.3. The van der Waals surface area contributed by atoms with Crippen LogP contribution in [0.2, 0.25) is 0 Å². The van der Waals surface area contributed by atoms with Gasteiger partial charge in [0.2, 0.25) is 5.91 Å². The first-order chi connectivity index (χ1) is 10.6. The predicted octanol–water partition coefficient (Wildman–Crippen LogP) is 2.46. The van der Waals surface area contributed by atoms with Crippen LogP contribution >= 0.6 is 11.3 Å². The fourth-order valence-electron chi connectivity index (χ4n) is 1.83. The molecular formula is C15H18N4O2S. The number of thiazole rings is 1. The van der Waals surface area contributed by atoms with Crippen molar-refractivity contribution >= 4 is 34.0 Å². The number of carbonyl (C=O) groups excluding carboxylic acids is 2. The summed E-state index contributed by atoms with van der Waals surface area (Å²) >= 11 is 1.22. The van der Waals surface area contributed by atoms with Crippen molar-refractivity contribution in [2.45, 2.75) is 20.4 Å². The maximum atomic E-state index is 12.2. The van der Waals surface area contributed by atoms with E-state index in [4.69, 9.17) is 0 Å². The molecule has 0 aliphatic heterocycles. The van der Waals surface area contributed by atoms with Gasteiger partial charge in [0.1, 0.15) is 5.69 Å². The summed E-state index contributed by atoms with van der Waals surface area (Å²) in [6.07, 6.45) is 0. The average molecular weight is 318 g/mol. The van der Waals surface area contributed by atoms with Gasteiger partial charge in [0.05, 0.1) is 0 Å². The molecular weight excluding hydrogens is 300 g/mol. The molecule has 22 heavy (non-hydrogen) atoms. The molecule has 0 atom stereocenters. The first-order valence-corrected chi connectivity index (χ1v) is 7.81. The molecule has 0 aliphatic rings. The quantitative estimate of drug-likeness (QED) is 0.764. The number of carbonyl (C=O) groups is 2. The zero-order valence-electron chi connectivity index (χ0n) is 12.5. The molecule has 0 radical (unpaired) electrons. The van der Waals surface area contributed by atoms with E-state index in [-0.39, 0.29) is 17.5 Å². The zero-order chi connectivity index (χ0) is 15.9. The van der Waals surface area contributed by atoms with E-state index in [2.05, 4.69) is 20.9 Å². The molecule has 2 aromatic rings. The summed E-state index contributed by atoms with van der Waals surface area (Å²) in [5, 5.41) is 10.7. The molecule has 7 heteroatoms. The Labute approximate surface area is 133 Å². The Morgan fingerprint density at radius 2 is 2.00 bits per heavy atom. The van der Waals surface area contributed by atoms with Gasteiger partial charge in [-0.15, -0.1) is 11.3 Å². The Hall–Kier alpha value is -2.25. The van der Waals surface area contributed by atoms with E-state index in [1.165, 1.54) is 18.3 Å². The summed E-state index contributed by atoms with van der Waals surface area (Å²) in [6, 6.07) is 7.61. The highest BCUT2D eigenvalue weighted by atomic mass is 32.1. The van der Waals surface area contributed by atoms with E-state index in [0.717, 1.165) is 17.8 Å². The Kier molecular flexibility index (Phi) is 5.62. The number of rotatable bonds is 6. The lowest BCUT2D eigenvalue weighted by Crippen LogP contribution is -2.17. The van der Waals surface area contributed by atoms with Gasteiger partial charge >= 0.3 is 0 Å². The second-order valence-electron chi connectivity index (χ2n) is 4.61. The van der Waals surface area contributed by atoms with Crippen molar-refractivity contribution < 1.29 is 9.59 Å². The molecule has 0 aliphatic carbocycles. The van der Waals surface area contributed by atoms with Crippen molar-refractivity contribution in [2.75, 3.05) is 17.2 Å². The third kappa shape index (κ3) is 4.37. The highest BCUT2D eigenvalue weighted by molar-refractivity contribution is 7.14. The summed E-state index contributed by atoms with van der Waals surface area (Å²) in [7, 11) is 0. The summed E-state index contributed by atoms with van der Waals surface area (Å²) in [5.74, 6) is -0.505. The average Bonchev–Trinajstić information content (AvgIpc) is 2.94. The fraction of sp³-hybridized carbons (Fsp3) is 0.267. The topological polar surface area (TPSA) is 83.1 Å². The summed E-state index contributed by atoms with van der Waals surface area (Å²) in [5.41, 5.74) is 2.05. The van der Waals surface area contributed by atoms with Gasteiger partial charge in [0.25, 0.3) is 5.91 Å². The van der Waals surface area contributed by atoms with E-state index in [1.807, 2.05) is 31.2 Å². The molecule has 0 bridgehead atoms. The second kappa shape index (κ2) is 7.67. The molecule has 0 saturated carbocycles. The fourth-order valence-corrected chi connectivity index (χ4v) is 2.57. The Bertz CT molecular complexity index is 669. The van der Waals surface area contributed by atoms with Crippen LogP contribution in [-0.4, -0.2) is 23.3 Å². The monoisotopic (exact) mass is 318 g/mol. The van der Waals surface area contributed by atoms with Gasteiger partial charge in [-0.3, -0.25) is 9.59 Å². The minimum absolute atomic E-state index is 0.211. The molecule has 0 saturated heterocycles. The maximum Gasteiger partial charge on any atom is 0.275 e. The van der Waals surface area contributed by atoms with Crippen LogP contribution in [0, 0.1) is 0 Å². The molecule has 0 spiro atoms. The number of anilines is 2. The van der Waals surface area contributed by atoms with E-state index in [1.54, 1.807) is 5.38 Å². The van der Waals surface area contributed by atoms with Crippen LogP contribution in [0.5, 0.6) is 0 Å². The van der Waals surface area contributed by atoms with Crippen molar-refractivity contribution in [1.29, 1.82) is 0 Å². The van der Waals surface area contributed by atoms with Crippen LogP contribution in [0.3, 0.4) is 0 Å². The number of nitrogens with zero attached hydrogens (tertiary/aromatic N) is 1. The van der Waals surface area contributed by atoms with Crippen LogP contribution in [0.4, 0.5) is 10.8 Å². The van der Waals surface area contributed by atoms with Crippen molar-refractivity contribution in [3.8, 4) is 0 Å². The Morgan fingerprint density at radius 1 is 1.23 bits per heavy atom. The molecule has 0 unspecified atom stereocenters. The van der Waals surface area contributed by atoms with E-state index in [0.29, 0.717) is 11.7 Å². The number of amides is 2. The van der Waals surface area contributed by atoms with Crippen LogP contribution in [0.1, 0.15) is 29.9 Å². The third-order valence-corrected chi connectivity index (χ3v) is 3.61. The maximum absolute atomic E-state index is 12.2. The van der Waals surface area contributed by atoms with Crippen LogP contribution < -0.4 is 16.0 Å². The lowest BCUT2D eigenvalue weighted by atomic mass is 10.1. The third-order valence-electron chi connectivity index (χ3n) is 2.85. The summed E-state index contributed by atoms with van der Waals surface area (Å²) < 4.78 is 0. The van der Waals surface area contributed by atoms with Crippen molar-refractivity contribution in [3.63, 3.8) is 0 Å². The lowest BCUT2D eigenvalue weighted by molar-refractivity contribution is -0.114. The van der Waals surface area contributed by atoms with Crippen molar-refractivity contribution in [3.05, 3.63) is 40.9 Å². The first-order valence-electron chi connectivity index (χ1n) is 6.93. The van der Waals surface area contributed by atoms with Crippen LogP contribution in [0.25, 0.3) is 0 Å². The van der Waals surface area contributed by atoms with Gasteiger partial charge in [0, 0.05) is 24.5 Å². The van der Waals surface area contributed by atoms with Crippen LogP contribution in [0.15, 0.2) is 29.6 Å². The molecule has 1 aromatic heterocycles. The van der Waals surface area contributed by atoms with E-state index >= 15 is 0 Å². The first kappa shape index (κ1) is 16.1. The number of benzene rings is 1. The zero-order valence-corrected chi connectivity index (χ0v) is 13.3. The SMILES string of the molecule is CCNCc1ccccc1NC(=O)c1csc(NC(C)=O)n1. The number of para-hydroxylation sites is 1. The highest BCUT2D eigenvalue weighted by Crippen LogP contribution is 2.19. The minimum atomic E-state index is -0.295. The lowest BCUT2D eigenvalue weighted by Gasteiger charge is -2.10. The molecule has 6 nitrogen and oxygen atoms in total. The molecule has 2 amide bonds. The smallest absolute Gasteiger partial charge is 0.275 e. The number of aromatic nitrogens is 1. The Morgan fingerprint density at radius 3 is 2.73 bits per heavy atom. The number of nitrogens with one attached hydrogen (secondary N) is 3. The van der Waals surface area contributed by atoms with Gasteiger partial charge in [0.15, 0.2) is 5.13 Å². The second-order valence-corrected chi connectivity index (χ2v) is 5.47. The number of hydrogen-bond donors (Lipinski definition) is 3. The Balaban J connectivity index is 2.08. The van der Waals surface area contributed by atoms with E-state index < -0.39 is 0 Å². The molecule has 0 fully saturated rings. The summed E-state index contributed by atoms with van der Waals surface area (Å²) in [4.78, 5) is 27.3. The van der Waals surface area contributed by atoms with Gasteiger partial charge in [-0.2, -0.15) is 0 Å². The van der Waals surface area contributed by atoms with Gasteiger partial charge in [-0.05, 0) is 18.2 Å². The molecule has 116 valence electrons.